The van der Waals surface area contributed by atoms with Crippen molar-refractivity contribution in [3.63, 3.8) is 0 Å². The number of hydrogen-bond acceptors (Lipinski definition) is 8. The van der Waals surface area contributed by atoms with Crippen LogP contribution in [0.3, 0.4) is 0 Å². The van der Waals surface area contributed by atoms with Gasteiger partial charge in [0.25, 0.3) is 0 Å². The van der Waals surface area contributed by atoms with Crippen molar-refractivity contribution in [1.82, 2.24) is 15.2 Å². The summed E-state index contributed by atoms with van der Waals surface area (Å²) in [5.74, 6) is 1.97. The summed E-state index contributed by atoms with van der Waals surface area (Å²) >= 11 is 3.02. The molecule has 0 radical (unpaired) electrons. The topological polar surface area (TPSA) is 92.9 Å². The molecule has 0 saturated carbocycles. The third-order valence-electron chi connectivity index (χ3n) is 4.09. The number of aryl methyl sites for hydroxylation is 1. The van der Waals surface area contributed by atoms with Gasteiger partial charge in [0.15, 0.2) is 4.34 Å². The van der Waals surface area contributed by atoms with Crippen LogP contribution in [0.4, 0.5) is 16.5 Å². The lowest BCUT2D eigenvalue weighted by atomic mass is 10.2. The minimum atomic E-state index is -0.111. The number of thioether (sulfide) groups is 1. The van der Waals surface area contributed by atoms with Crippen LogP contribution >= 0.6 is 23.1 Å². The standard InChI is InChI=1S/C21H19N5O2S2/c1-13-18(24-19(28-13)15-7-4-3-5-8-15)12-29-21-26-25-20(30-21)23-17-10-6-9-16(11-17)22-14(2)27/h3-11H,12H2,1-2H3,(H,22,27)(H,23,25). The minimum absolute atomic E-state index is 0.111. The number of rotatable bonds is 7. The molecule has 4 rings (SSSR count). The number of amides is 1. The minimum Gasteiger partial charge on any atom is -0.441 e. The highest BCUT2D eigenvalue weighted by Gasteiger charge is 2.13. The molecule has 0 saturated heterocycles. The predicted molar refractivity (Wildman–Crippen MR) is 120 cm³/mol. The van der Waals surface area contributed by atoms with Gasteiger partial charge >= 0.3 is 0 Å². The molecule has 0 unspecified atom stereocenters. The molecule has 4 aromatic rings. The first-order valence-electron chi connectivity index (χ1n) is 9.19. The van der Waals surface area contributed by atoms with Gasteiger partial charge in [0.2, 0.25) is 16.9 Å². The van der Waals surface area contributed by atoms with Gasteiger partial charge in [-0.2, -0.15) is 0 Å². The second kappa shape index (κ2) is 9.10. The third kappa shape index (κ3) is 5.05. The van der Waals surface area contributed by atoms with Crippen LogP contribution in [0.25, 0.3) is 11.5 Å². The van der Waals surface area contributed by atoms with Gasteiger partial charge in [-0.05, 0) is 37.3 Å². The summed E-state index contributed by atoms with van der Waals surface area (Å²) in [6.45, 7) is 3.40. The number of benzene rings is 2. The van der Waals surface area contributed by atoms with Gasteiger partial charge in [0, 0.05) is 29.6 Å². The van der Waals surface area contributed by atoms with Crippen LogP contribution < -0.4 is 10.6 Å². The van der Waals surface area contributed by atoms with Crippen LogP contribution in [0.5, 0.6) is 0 Å². The zero-order chi connectivity index (χ0) is 20.9. The third-order valence-corrected chi connectivity index (χ3v) is 6.07. The Balaban J connectivity index is 1.39. The van der Waals surface area contributed by atoms with E-state index in [4.69, 9.17) is 4.42 Å². The lowest BCUT2D eigenvalue weighted by Crippen LogP contribution is -2.05. The Hall–Kier alpha value is -3.17. The summed E-state index contributed by atoms with van der Waals surface area (Å²) in [6, 6.07) is 17.3. The summed E-state index contributed by atoms with van der Waals surface area (Å²) in [5.41, 5.74) is 3.41. The van der Waals surface area contributed by atoms with Crippen molar-refractivity contribution in [2.45, 2.75) is 23.9 Å². The van der Waals surface area contributed by atoms with Gasteiger partial charge in [-0.15, -0.1) is 10.2 Å². The van der Waals surface area contributed by atoms with Crippen LogP contribution in [0, 0.1) is 6.92 Å². The Morgan fingerprint density at radius 1 is 1.10 bits per heavy atom. The zero-order valence-electron chi connectivity index (χ0n) is 16.4. The van der Waals surface area contributed by atoms with Gasteiger partial charge in [0.05, 0.1) is 5.69 Å². The smallest absolute Gasteiger partial charge is 0.226 e. The number of carbonyl (C=O) groups is 1. The molecule has 0 aliphatic rings. The van der Waals surface area contributed by atoms with Crippen LogP contribution in [-0.2, 0) is 10.5 Å². The van der Waals surface area contributed by atoms with E-state index in [9.17, 15) is 4.79 Å². The maximum absolute atomic E-state index is 11.2. The highest BCUT2D eigenvalue weighted by molar-refractivity contribution is 8.00. The fraction of sp³-hybridized carbons (Fsp3) is 0.143. The van der Waals surface area contributed by atoms with Gasteiger partial charge in [-0.1, -0.05) is 47.4 Å². The van der Waals surface area contributed by atoms with Gasteiger partial charge in [-0.25, -0.2) is 4.98 Å². The molecule has 2 heterocycles. The number of aromatic nitrogens is 3. The molecular weight excluding hydrogens is 418 g/mol. The maximum atomic E-state index is 11.2. The Bertz CT molecular complexity index is 1160. The average Bonchev–Trinajstić information content (AvgIpc) is 3.33. The lowest BCUT2D eigenvalue weighted by Gasteiger charge is -2.05. The summed E-state index contributed by atoms with van der Waals surface area (Å²) < 4.78 is 6.65. The first-order valence-corrected chi connectivity index (χ1v) is 11.0. The van der Waals surface area contributed by atoms with Crippen LogP contribution in [-0.4, -0.2) is 21.1 Å². The fourth-order valence-corrected chi connectivity index (χ4v) is 4.49. The molecule has 2 aromatic carbocycles. The first kappa shape index (κ1) is 20.1. The first-order chi connectivity index (χ1) is 14.6. The zero-order valence-corrected chi connectivity index (χ0v) is 18.0. The molecule has 0 aliphatic carbocycles. The molecule has 0 bridgehead atoms. The Morgan fingerprint density at radius 3 is 2.70 bits per heavy atom. The monoisotopic (exact) mass is 437 g/mol. The number of nitrogens with zero attached hydrogens (tertiary/aromatic N) is 3. The lowest BCUT2D eigenvalue weighted by molar-refractivity contribution is -0.114. The van der Waals surface area contributed by atoms with Crippen LogP contribution in [0.15, 0.2) is 63.4 Å². The molecule has 0 atom stereocenters. The normalized spacial score (nSPS) is 10.7. The fourth-order valence-electron chi connectivity index (χ4n) is 2.72. The van der Waals surface area contributed by atoms with Crippen molar-refractivity contribution in [2.24, 2.45) is 0 Å². The van der Waals surface area contributed by atoms with Crippen molar-refractivity contribution in [3.8, 4) is 11.5 Å². The molecule has 2 aromatic heterocycles. The molecule has 0 fully saturated rings. The summed E-state index contributed by atoms with van der Waals surface area (Å²) in [7, 11) is 0. The van der Waals surface area contributed by atoms with Crippen LogP contribution in [0.2, 0.25) is 0 Å². The van der Waals surface area contributed by atoms with Crippen molar-refractivity contribution in [1.29, 1.82) is 0 Å². The molecule has 0 aliphatic heterocycles. The van der Waals surface area contributed by atoms with E-state index in [-0.39, 0.29) is 5.91 Å². The van der Waals surface area contributed by atoms with Crippen molar-refractivity contribution >= 4 is 45.5 Å². The highest BCUT2D eigenvalue weighted by Crippen LogP contribution is 2.32. The molecule has 7 nitrogen and oxygen atoms in total. The van der Waals surface area contributed by atoms with E-state index in [2.05, 4.69) is 25.8 Å². The van der Waals surface area contributed by atoms with Gasteiger partial charge < -0.3 is 15.1 Å². The second-order valence-electron chi connectivity index (χ2n) is 6.44. The molecule has 30 heavy (non-hydrogen) atoms. The molecule has 9 heteroatoms. The van der Waals surface area contributed by atoms with Crippen molar-refractivity contribution < 1.29 is 9.21 Å². The van der Waals surface area contributed by atoms with E-state index in [0.717, 1.165) is 32.7 Å². The van der Waals surface area contributed by atoms with E-state index in [1.54, 1.807) is 11.8 Å². The van der Waals surface area contributed by atoms with Crippen LogP contribution in [0.1, 0.15) is 18.4 Å². The molecule has 152 valence electrons. The number of anilines is 3. The number of nitrogens with one attached hydrogen (secondary N) is 2. The summed E-state index contributed by atoms with van der Waals surface area (Å²) in [4.78, 5) is 15.8. The molecule has 1 amide bonds. The second-order valence-corrected chi connectivity index (χ2v) is 8.64. The van der Waals surface area contributed by atoms with E-state index in [1.165, 1.54) is 18.3 Å². The highest BCUT2D eigenvalue weighted by atomic mass is 32.2. The molecule has 0 spiro atoms. The van der Waals surface area contributed by atoms with E-state index in [1.807, 2.05) is 61.5 Å². The van der Waals surface area contributed by atoms with Gasteiger partial charge in [0.1, 0.15) is 5.76 Å². The molecular formula is C21H19N5O2S2. The largest absolute Gasteiger partial charge is 0.441 e. The SMILES string of the molecule is CC(=O)Nc1cccc(Nc2nnc(SCc3nc(-c4ccccc4)oc3C)s2)c1. The van der Waals surface area contributed by atoms with E-state index >= 15 is 0 Å². The van der Waals surface area contributed by atoms with Crippen molar-refractivity contribution in [3.05, 3.63) is 66.1 Å². The van der Waals surface area contributed by atoms with Crippen molar-refractivity contribution in [2.75, 3.05) is 10.6 Å². The Labute approximate surface area is 182 Å². The maximum Gasteiger partial charge on any atom is 0.226 e. The Morgan fingerprint density at radius 2 is 1.90 bits per heavy atom. The number of hydrogen-bond donors (Lipinski definition) is 2. The average molecular weight is 438 g/mol. The summed E-state index contributed by atoms with van der Waals surface area (Å²) in [6.07, 6.45) is 0. The number of carbonyl (C=O) groups excluding carboxylic acids is 1. The van der Waals surface area contributed by atoms with Gasteiger partial charge in [-0.3, -0.25) is 4.79 Å². The van der Waals surface area contributed by atoms with E-state index in [0.29, 0.717) is 16.8 Å². The Kier molecular flexibility index (Phi) is 6.10. The van der Waals surface area contributed by atoms with E-state index < -0.39 is 0 Å². The quantitative estimate of drug-likeness (QED) is 0.369. The predicted octanol–water partition coefficient (Wildman–Crippen LogP) is 5.50. The summed E-state index contributed by atoms with van der Waals surface area (Å²) in [5, 5.41) is 15.1. The molecule has 2 N–H and O–H groups in total. The number of oxazole rings is 1.